The zero-order valence-electron chi connectivity index (χ0n) is 26.1. The van der Waals surface area contributed by atoms with Gasteiger partial charge in [-0.1, -0.05) is 19.3 Å². The molecule has 10 nitrogen and oxygen atoms in total. The first kappa shape index (κ1) is 34.9. The van der Waals surface area contributed by atoms with Crippen molar-refractivity contribution < 1.29 is 36.7 Å². The second-order valence-electron chi connectivity index (χ2n) is 11.8. The molecule has 0 bridgehead atoms. The minimum absolute atomic E-state index is 0.0717. The summed E-state index contributed by atoms with van der Waals surface area (Å²) in [6, 6.07) is 2.39. The van der Waals surface area contributed by atoms with Crippen LogP contribution in [0.25, 0.3) is 0 Å². The Morgan fingerprint density at radius 2 is 1.78 bits per heavy atom. The molecule has 4 heterocycles. The van der Waals surface area contributed by atoms with Gasteiger partial charge in [0, 0.05) is 57.9 Å². The molecule has 1 N–H and O–H groups in total. The zero-order valence-corrected chi connectivity index (χ0v) is 26.1. The number of carbonyl (C=O) groups is 3. The number of piperidine rings is 1. The van der Waals surface area contributed by atoms with Crippen molar-refractivity contribution in [3.05, 3.63) is 46.4 Å². The summed E-state index contributed by atoms with van der Waals surface area (Å²) in [7, 11) is 1.17. The number of nitrogens with one attached hydrogen (secondary N) is 1. The molecular formula is C32H40F4N6O4. The molecule has 250 valence electrons. The molecule has 2 aromatic rings. The van der Waals surface area contributed by atoms with Crippen LogP contribution >= 0.6 is 0 Å². The van der Waals surface area contributed by atoms with E-state index in [2.05, 4.69) is 6.57 Å². The van der Waals surface area contributed by atoms with E-state index < -0.39 is 29.0 Å². The van der Waals surface area contributed by atoms with Gasteiger partial charge < -0.3 is 15.0 Å². The number of anilines is 1. The number of nitrogens with zero attached hydrogens (tertiary/aromatic N) is 5. The van der Waals surface area contributed by atoms with Crippen LogP contribution < -0.4 is 10.2 Å². The van der Waals surface area contributed by atoms with Crippen LogP contribution in [0.1, 0.15) is 96.3 Å². The van der Waals surface area contributed by atoms with E-state index in [-0.39, 0.29) is 17.9 Å². The highest BCUT2D eigenvalue weighted by molar-refractivity contribution is 6.01. The highest BCUT2D eigenvalue weighted by atomic mass is 19.4. The van der Waals surface area contributed by atoms with Gasteiger partial charge in [0.2, 0.25) is 5.91 Å². The molecule has 2 saturated heterocycles. The Hall–Kier alpha value is -3.99. The number of aromatic nitrogens is 2. The summed E-state index contributed by atoms with van der Waals surface area (Å²) in [5, 5.41) is 13.3. The van der Waals surface area contributed by atoms with Gasteiger partial charge >= 0.3 is 6.18 Å². The molecule has 14 heteroatoms. The molecule has 3 aliphatic heterocycles. The van der Waals surface area contributed by atoms with E-state index in [1.54, 1.807) is 0 Å². The Kier molecular flexibility index (Phi) is 11.4. The maximum Gasteiger partial charge on any atom is 0.417 e. The smallest absolute Gasteiger partial charge is 0.381 e. The van der Waals surface area contributed by atoms with Crippen molar-refractivity contribution in [1.82, 2.24) is 20.0 Å². The SMILES string of the molecule is C#N.C1CC1.CCN1C(=O)CCc2c(C(=O)N3CCC4CC43)nn(C3CCOCC3)c21.CNC(=O)c1cc(F)ccc1C(F)(F)F. The summed E-state index contributed by atoms with van der Waals surface area (Å²) >= 11 is 0. The fourth-order valence-corrected chi connectivity index (χ4v) is 6.01. The zero-order chi connectivity index (χ0) is 33.6. The molecule has 46 heavy (non-hydrogen) atoms. The molecule has 4 fully saturated rings. The van der Waals surface area contributed by atoms with Crippen LogP contribution in [-0.2, 0) is 22.1 Å². The number of hydrogen-bond donors (Lipinski definition) is 1. The van der Waals surface area contributed by atoms with E-state index in [4.69, 9.17) is 15.1 Å². The van der Waals surface area contributed by atoms with Gasteiger partial charge in [-0.25, -0.2) is 14.3 Å². The van der Waals surface area contributed by atoms with Crippen LogP contribution in [-0.4, -0.2) is 71.8 Å². The molecule has 2 unspecified atom stereocenters. The van der Waals surface area contributed by atoms with Crippen LogP contribution in [0.15, 0.2) is 18.2 Å². The quantitative estimate of drug-likeness (QED) is 0.451. The van der Waals surface area contributed by atoms with E-state index >= 15 is 0 Å². The normalized spacial score (nSPS) is 21.3. The average molecular weight is 649 g/mol. The standard InChI is InChI=1S/C19H26N4O3.C9H7F4NO.C3H6.CHN/c1-2-21-16(24)4-3-14-17(19(25)22-8-5-12-11-15(12)22)20-23(18(14)21)13-6-9-26-10-7-13;1-14-8(15)6-4-5(10)2-3-7(6)9(11,12)13;1-2-3-1;1-2/h12-13,15H,2-11H2,1H3;2-4H,1H3,(H,14,15);1-3H2;1H. The van der Waals surface area contributed by atoms with Crippen molar-refractivity contribution in [2.75, 3.05) is 38.3 Å². The number of fused-ring (bicyclic) bond motifs is 2. The lowest BCUT2D eigenvalue weighted by Crippen LogP contribution is -2.37. The monoisotopic (exact) mass is 648 g/mol. The molecule has 2 aliphatic carbocycles. The van der Waals surface area contributed by atoms with Gasteiger partial charge in [-0.2, -0.15) is 18.3 Å². The number of hydrogen-bond acceptors (Lipinski definition) is 6. The van der Waals surface area contributed by atoms with Gasteiger partial charge in [-0.05, 0) is 63.1 Å². The molecule has 1 aromatic carbocycles. The first-order chi connectivity index (χ1) is 22.0. The van der Waals surface area contributed by atoms with Gasteiger partial charge in [-0.15, -0.1) is 0 Å². The van der Waals surface area contributed by atoms with Crippen LogP contribution in [0, 0.1) is 23.6 Å². The van der Waals surface area contributed by atoms with Crippen LogP contribution in [0.5, 0.6) is 0 Å². The Balaban J connectivity index is 0.000000203. The minimum Gasteiger partial charge on any atom is -0.381 e. The number of halogens is 4. The van der Waals surface area contributed by atoms with Crippen molar-refractivity contribution in [3.8, 4) is 6.57 Å². The third-order valence-corrected chi connectivity index (χ3v) is 8.58. The molecular weight excluding hydrogens is 608 g/mol. The minimum atomic E-state index is -4.67. The van der Waals surface area contributed by atoms with E-state index in [0.717, 1.165) is 43.6 Å². The summed E-state index contributed by atoms with van der Waals surface area (Å²) in [5.74, 6) is -0.0758. The first-order valence-corrected chi connectivity index (χ1v) is 15.7. The molecule has 3 amide bonds. The Morgan fingerprint density at radius 1 is 1.11 bits per heavy atom. The van der Waals surface area contributed by atoms with Crippen molar-refractivity contribution >= 4 is 23.5 Å². The van der Waals surface area contributed by atoms with E-state index in [1.807, 2.05) is 26.7 Å². The maximum atomic E-state index is 13.3. The topological polar surface area (TPSA) is 121 Å². The molecule has 2 atom stereocenters. The van der Waals surface area contributed by atoms with Crippen molar-refractivity contribution in [2.45, 2.75) is 83.0 Å². The van der Waals surface area contributed by atoms with Crippen molar-refractivity contribution in [3.63, 3.8) is 0 Å². The summed E-state index contributed by atoms with van der Waals surface area (Å²) in [5.41, 5.74) is -0.301. The number of likely N-dealkylation sites (tertiary alicyclic amines) is 1. The third-order valence-electron chi connectivity index (χ3n) is 8.58. The second kappa shape index (κ2) is 15.1. The fourth-order valence-electron chi connectivity index (χ4n) is 6.01. The highest BCUT2D eigenvalue weighted by Gasteiger charge is 2.50. The molecule has 7 rings (SSSR count). The van der Waals surface area contributed by atoms with Crippen LogP contribution in [0.2, 0.25) is 0 Å². The van der Waals surface area contributed by atoms with E-state index in [0.29, 0.717) is 68.5 Å². The predicted octanol–water partition coefficient (Wildman–Crippen LogP) is 5.28. The number of rotatable bonds is 4. The van der Waals surface area contributed by atoms with E-state index in [9.17, 15) is 31.9 Å². The molecule has 0 spiro atoms. The summed E-state index contributed by atoms with van der Waals surface area (Å²) in [6.07, 6.45) is 4.94. The number of ether oxygens (including phenoxy) is 1. The van der Waals surface area contributed by atoms with Gasteiger partial charge in [0.1, 0.15) is 11.6 Å². The summed E-state index contributed by atoms with van der Waals surface area (Å²) in [4.78, 5) is 40.6. The highest BCUT2D eigenvalue weighted by Crippen LogP contribution is 2.46. The van der Waals surface area contributed by atoms with Gasteiger partial charge in [0.05, 0.1) is 17.2 Å². The Labute approximate surface area is 265 Å². The van der Waals surface area contributed by atoms with Gasteiger partial charge in [0.25, 0.3) is 11.8 Å². The molecule has 1 aromatic heterocycles. The Bertz CT molecular complexity index is 1430. The van der Waals surface area contributed by atoms with Crippen LogP contribution in [0.3, 0.4) is 0 Å². The number of nitriles is 1. The average Bonchev–Trinajstić information content (AvgIpc) is 4.01. The third kappa shape index (κ3) is 7.86. The van der Waals surface area contributed by atoms with Gasteiger partial charge in [-0.3, -0.25) is 19.3 Å². The molecule has 2 saturated carbocycles. The number of benzene rings is 1. The molecule has 5 aliphatic rings. The first-order valence-electron chi connectivity index (χ1n) is 15.7. The lowest BCUT2D eigenvalue weighted by molar-refractivity contribution is -0.138. The molecule has 0 radical (unpaired) electrons. The lowest BCUT2D eigenvalue weighted by Gasteiger charge is -2.31. The number of carbonyl (C=O) groups excluding carboxylic acids is 3. The maximum absolute atomic E-state index is 13.3. The van der Waals surface area contributed by atoms with Crippen LogP contribution in [0.4, 0.5) is 23.4 Å². The van der Waals surface area contributed by atoms with E-state index in [1.165, 1.54) is 26.3 Å². The van der Waals surface area contributed by atoms with Gasteiger partial charge in [0.15, 0.2) is 5.69 Å². The summed E-state index contributed by atoms with van der Waals surface area (Å²) < 4.78 is 57.3. The second-order valence-corrected chi connectivity index (χ2v) is 11.8. The van der Waals surface area contributed by atoms with Crippen molar-refractivity contribution in [1.29, 1.82) is 5.26 Å². The number of amides is 3. The fraction of sp³-hybridized carbons (Fsp3) is 0.594. The lowest BCUT2D eigenvalue weighted by atomic mass is 10.0. The predicted molar refractivity (Wildman–Crippen MR) is 161 cm³/mol. The van der Waals surface area contributed by atoms with Crippen molar-refractivity contribution in [2.24, 2.45) is 5.92 Å². The largest absolute Gasteiger partial charge is 0.417 e. The Morgan fingerprint density at radius 3 is 2.30 bits per heavy atom. The summed E-state index contributed by atoms with van der Waals surface area (Å²) in [6.45, 7) is 8.37. The number of alkyl halides is 3.